The molecule has 0 fully saturated rings. The molecule has 1 aliphatic heterocycles. The van der Waals surface area contributed by atoms with Gasteiger partial charge in [-0.2, -0.15) is 0 Å². The number of carbonyl (C=O) groups excluding carboxylic acids is 2. The van der Waals surface area contributed by atoms with E-state index >= 15 is 0 Å². The predicted molar refractivity (Wildman–Crippen MR) is 61.7 cm³/mol. The Morgan fingerprint density at radius 1 is 1.12 bits per heavy atom. The van der Waals surface area contributed by atoms with Crippen molar-refractivity contribution >= 4 is 11.9 Å². The molecule has 0 aliphatic carbocycles. The molecule has 3 nitrogen and oxygen atoms in total. The number of rotatable bonds is 6. The van der Waals surface area contributed by atoms with E-state index in [-0.39, 0.29) is 0 Å². The molecule has 0 saturated carbocycles. The Balaban J connectivity index is 2.39. The lowest BCUT2D eigenvalue weighted by atomic mass is 10.1. The third-order valence-electron chi connectivity index (χ3n) is 2.62. The molecular weight excluding hydrogens is 204 g/mol. The summed E-state index contributed by atoms with van der Waals surface area (Å²) in [6.07, 6.45) is 9.38. The number of allylic oxidation sites excluding steroid dienone is 1. The van der Waals surface area contributed by atoms with Crippen LogP contribution in [-0.2, 0) is 14.3 Å². The van der Waals surface area contributed by atoms with E-state index in [9.17, 15) is 9.59 Å². The number of hydrogen-bond donors (Lipinski definition) is 0. The normalized spacial score (nSPS) is 16.4. The van der Waals surface area contributed by atoms with Crippen LogP contribution < -0.4 is 0 Å². The van der Waals surface area contributed by atoms with Crippen LogP contribution in [0.25, 0.3) is 0 Å². The second kappa shape index (κ2) is 6.26. The Hall–Kier alpha value is -1.38. The van der Waals surface area contributed by atoms with E-state index in [1.54, 1.807) is 13.0 Å². The molecule has 1 heterocycles. The first-order valence-corrected chi connectivity index (χ1v) is 5.80. The van der Waals surface area contributed by atoms with Crippen molar-refractivity contribution in [3.05, 3.63) is 23.3 Å². The Labute approximate surface area is 96.2 Å². The van der Waals surface area contributed by atoms with Crippen molar-refractivity contribution < 1.29 is 14.3 Å². The van der Waals surface area contributed by atoms with E-state index in [0.717, 1.165) is 12.8 Å². The van der Waals surface area contributed by atoms with Crippen molar-refractivity contribution in [1.29, 1.82) is 0 Å². The summed E-state index contributed by atoms with van der Waals surface area (Å²) < 4.78 is 4.48. The Kier molecular flexibility index (Phi) is 4.96. The van der Waals surface area contributed by atoms with Gasteiger partial charge in [0, 0.05) is 5.57 Å². The number of esters is 2. The topological polar surface area (TPSA) is 43.4 Å². The number of hydrogen-bond acceptors (Lipinski definition) is 3. The van der Waals surface area contributed by atoms with Crippen molar-refractivity contribution in [2.45, 2.75) is 46.0 Å². The van der Waals surface area contributed by atoms with Gasteiger partial charge in [-0.25, -0.2) is 9.59 Å². The van der Waals surface area contributed by atoms with Crippen LogP contribution in [0.15, 0.2) is 23.3 Å². The van der Waals surface area contributed by atoms with Crippen molar-refractivity contribution in [3.63, 3.8) is 0 Å². The largest absolute Gasteiger partial charge is 0.386 e. The number of unbranched alkanes of at least 4 members (excludes halogenated alkanes) is 4. The summed E-state index contributed by atoms with van der Waals surface area (Å²) in [6.45, 7) is 3.79. The average Bonchev–Trinajstić information content (AvgIpc) is 2.49. The maximum atomic E-state index is 11.2. The highest BCUT2D eigenvalue weighted by atomic mass is 16.6. The highest BCUT2D eigenvalue weighted by molar-refractivity contribution is 6.13. The van der Waals surface area contributed by atoms with Gasteiger partial charge in [0.2, 0.25) is 0 Å². The fraction of sp³-hybridized carbons (Fsp3) is 0.538. The maximum Gasteiger partial charge on any atom is 0.346 e. The summed E-state index contributed by atoms with van der Waals surface area (Å²) in [5.41, 5.74) is 0.815. The molecule has 88 valence electrons. The number of cyclic esters (lactones) is 2. The minimum absolute atomic E-state index is 0.403. The zero-order valence-electron chi connectivity index (χ0n) is 9.91. The zero-order valence-corrected chi connectivity index (χ0v) is 9.91. The molecule has 0 radical (unpaired) electrons. The standard InChI is InChI=1S/C13H18O3/c1-3-4-5-6-7-8-9-11-10(2)12(14)16-13(11)15/h8-9H,3-7H2,1-2H3/b9-8+. The van der Waals surface area contributed by atoms with Gasteiger partial charge in [-0.05, 0) is 19.8 Å². The van der Waals surface area contributed by atoms with Gasteiger partial charge in [-0.15, -0.1) is 0 Å². The second-order valence-corrected chi connectivity index (χ2v) is 3.97. The Morgan fingerprint density at radius 2 is 1.88 bits per heavy atom. The highest BCUT2D eigenvalue weighted by Gasteiger charge is 2.27. The van der Waals surface area contributed by atoms with Gasteiger partial charge in [-0.3, -0.25) is 0 Å². The van der Waals surface area contributed by atoms with E-state index in [1.807, 2.05) is 6.08 Å². The third-order valence-corrected chi connectivity index (χ3v) is 2.62. The molecule has 1 aliphatic rings. The van der Waals surface area contributed by atoms with Gasteiger partial charge in [0.15, 0.2) is 0 Å². The molecule has 0 aromatic heterocycles. The molecule has 16 heavy (non-hydrogen) atoms. The fourth-order valence-electron chi connectivity index (χ4n) is 1.56. The summed E-state index contributed by atoms with van der Waals surface area (Å²) in [5.74, 6) is -1.04. The van der Waals surface area contributed by atoms with Crippen LogP contribution in [0.3, 0.4) is 0 Å². The van der Waals surface area contributed by atoms with Crippen LogP contribution in [0.4, 0.5) is 0 Å². The van der Waals surface area contributed by atoms with Crippen molar-refractivity contribution in [3.8, 4) is 0 Å². The van der Waals surface area contributed by atoms with E-state index < -0.39 is 11.9 Å². The van der Waals surface area contributed by atoms with Gasteiger partial charge in [-0.1, -0.05) is 38.3 Å². The van der Waals surface area contributed by atoms with Gasteiger partial charge >= 0.3 is 11.9 Å². The molecule has 0 atom stereocenters. The van der Waals surface area contributed by atoms with Crippen LogP contribution in [0.2, 0.25) is 0 Å². The number of ether oxygens (including phenoxy) is 1. The fourth-order valence-corrected chi connectivity index (χ4v) is 1.56. The van der Waals surface area contributed by atoms with Crippen LogP contribution >= 0.6 is 0 Å². The lowest BCUT2D eigenvalue weighted by Crippen LogP contribution is -2.00. The van der Waals surface area contributed by atoms with Crippen LogP contribution in [-0.4, -0.2) is 11.9 Å². The molecule has 0 saturated heterocycles. The summed E-state index contributed by atoms with van der Waals surface area (Å²) >= 11 is 0. The van der Waals surface area contributed by atoms with E-state index in [2.05, 4.69) is 11.7 Å². The highest BCUT2D eigenvalue weighted by Crippen LogP contribution is 2.18. The quantitative estimate of drug-likeness (QED) is 0.394. The maximum absolute atomic E-state index is 11.2. The molecule has 1 rings (SSSR count). The van der Waals surface area contributed by atoms with Gasteiger partial charge in [0.05, 0.1) is 5.57 Å². The lowest BCUT2D eigenvalue weighted by Gasteiger charge is -1.94. The summed E-state index contributed by atoms with van der Waals surface area (Å²) in [5, 5.41) is 0. The van der Waals surface area contributed by atoms with E-state index in [0.29, 0.717) is 11.1 Å². The van der Waals surface area contributed by atoms with Gasteiger partial charge in [0.25, 0.3) is 0 Å². The monoisotopic (exact) mass is 222 g/mol. The summed E-state index contributed by atoms with van der Waals surface area (Å²) in [7, 11) is 0. The summed E-state index contributed by atoms with van der Waals surface area (Å²) in [6, 6.07) is 0. The lowest BCUT2D eigenvalue weighted by molar-refractivity contribution is -0.150. The van der Waals surface area contributed by atoms with Gasteiger partial charge in [0.1, 0.15) is 0 Å². The molecule has 0 amide bonds. The second-order valence-electron chi connectivity index (χ2n) is 3.97. The first-order chi connectivity index (χ1) is 7.66. The minimum Gasteiger partial charge on any atom is -0.386 e. The van der Waals surface area contributed by atoms with Crippen molar-refractivity contribution in [1.82, 2.24) is 0 Å². The molecule has 0 aromatic rings. The van der Waals surface area contributed by atoms with Crippen LogP contribution in [0.1, 0.15) is 46.0 Å². The molecule has 0 aromatic carbocycles. The average molecular weight is 222 g/mol. The Morgan fingerprint density at radius 3 is 2.44 bits per heavy atom. The predicted octanol–water partition coefficient (Wildman–Crippen LogP) is 2.91. The van der Waals surface area contributed by atoms with E-state index in [4.69, 9.17) is 0 Å². The molecule has 0 bridgehead atoms. The van der Waals surface area contributed by atoms with Crippen LogP contribution in [0.5, 0.6) is 0 Å². The first-order valence-electron chi connectivity index (χ1n) is 5.80. The van der Waals surface area contributed by atoms with E-state index in [1.165, 1.54) is 19.3 Å². The van der Waals surface area contributed by atoms with Gasteiger partial charge < -0.3 is 4.74 Å². The first kappa shape index (κ1) is 12.7. The van der Waals surface area contributed by atoms with Crippen molar-refractivity contribution in [2.75, 3.05) is 0 Å². The Bertz CT molecular complexity index is 337. The smallest absolute Gasteiger partial charge is 0.346 e. The molecule has 0 spiro atoms. The third kappa shape index (κ3) is 3.33. The molecule has 0 unspecified atom stereocenters. The zero-order chi connectivity index (χ0) is 12.0. The minimum atomic E-state index is -0.521. The van der Waals surface area contributed by atoms with Crippen molar-refractivity contribution in [2.24, 2.45) is 0 Å². The molecular formula is C13H18O3. The van der Waals surface area contributed by atoms with Crippen LogP contribution in [0, 0.1) is 0 Å². The number of carbonyl (C=O) groups is 2. The molecule has 0 N–H and O–H groups in total. The summed E-state index contributed by atoms with van der Waals surface area (Å²) in [4.78, 5) is 22.2. The molecule has 3 heteroatoms. The SMILES string of the molecule is CCCCCC/C=C/C1=C(C)C(=O)OC1=O.